The van der Waals surface area contributed by atoms with Crippen LogP contribution < -0.4 is 16.0 Å². The molecule has 1 fully saturated rings. The molecule has 3 unspecified atom stereocenters. The van der Waals surface area contributed by atoms with Crippen LogP contribution in [0.5, 0.6) is 0 Å². The second-order valence-electron chi connectivity index (χ2n) is 7.11. The highest BCUT2D eigenvalue weighted by molar-refractivity contribution is 6.31. The van der Waals surface area contributed by atoms with Gasteiger partial charge in [-0.05, 0) is 30.9 Å². The Morgan fingerprint density at radius 3 is 2.46 bits per heavy atom. The van der Waals surface area contributed by atoms with Crippen LogP contribution in [-0.4, -0.2) is 24.0 Å². The summed E-state index contributed by atoms with van der Waals surface area (Å²) >= 11 is 6.12. The van der Waals surface area contributed by atoms with Gasteiger partial charge in [0.15, 0.2) is 0 Å². The molecule has 1 aliphatic rings. The SMILES string of the molecule is CCCC(C)C(=O)NC1CCCCC1NC(=O)NCc1ccccc1Cl. The average molecular weight is 380 g/mol. The molecule has 3 amide bonds. The van der Waals surface area contributed by atoms with Gasteiger partial charge in [0.2, 0.25) is 5.91 Å². The lowest BCUT2D eigenvalue weighted by atomic mass is 9.89. The number of urea groups is 1. The van der Waals surface area contributed by atoms with Gasteiger partial charge in [-0.15, -0.1) is 0 Å². The summed E-state index contributed by atoms with van der Waals surface area (Å²) in [6.45, 7) is 4.42. The molecule has 2 rings (SSSR count). The number of carbonyl (C=O) groups excluding carboxylic acids is 2. The van der Waals surface area contributed by atoms with Crippen molar-refractivity contribution in [2.75, 3.05) is 0 Å². The first kappa shape index (κ1) is 20.6. The molecule has 0 aliphatic heterocycles. The molecule has 1 aliphatic carbocycles. The number of nitrogens with one attached hydrogen (secondary N) is 3. The van der Waals surface area contributed by atoms with Crippen molar-refractivity contribution in [1.82, 2.24) is 16.0 Å². The number of benzene rings is 1. The third-order valence-corrected chi connectivity index (χ3v) is 5.35. The Kier molecular flexibility index (Phi) is 8.23. The highest BCUT2D eigenvalue weighted by Crippen LogP contribution is 2.20. The Labute approximate surface area is 161 Å². The van der Waals surface area contributed by atoms with Gasteiger partial charge in [0.25, 0.3) is 0 Å². The molecular formula is C20H30ClN3O2. The Morgan fingerprint density at radius 2 is 1.81 bits per heavy atom. The summed E-state index contributed by atoms with van der Waals surface area (Å²) in [6.07, 6.45) is 5.80. The molecule has 5 nitrogen and oxygen atoms in total. The van der Waals surface area contributed by atoms with E-state index in [9.17, 15) is 9.59 Å². The Morgan fingerprint density at radius 1 is 1.15 bits per heavy atom. The van der Waals surface area contributed by atoms with Gasteiger partial charge in [0.05, 0.1) is 6.04 Å². The molecule has 0 radical (unpaired) electrons. The molecule has 0 spiro atoms. The largest absolute Gasteiger partial charge is 0.351 e. The molecule has 144 valence electrons. The van der Waals surface area contributed by atoms with Gasteiger partial charge in [-0.3, -0.25) is 4.79 Å². The maximum Gasteiger partial charge on any atom is 0.315 e. The van der Waals surface area contributed by atoms with Crippen LogP contribution in [0.25, 0.3) is 0 Å². The minimum atomic E-state index is -0.224. The monoisotopic (exact) mass is 379 g/mol. The van der Waals surface area contributed by atoms with E-state index in [1.165, 1.54) is 0 Å². The number of hydrogen-bond acceptors (Lipinski definition) is 2. The smallest absolute Gasteiger partial charge is 0.315 e. The van der Waals surface area contributed by atoms with Gasteiger partial charge in [-0.25, -0.2) is 4.79 Å². The Balaban J connectivity index is 1.85. The summed E-state index contributed by atoms with van der Waals surface area (Å²) in [5, 5.41) is 9.66. The maximum absolute atomic E-state index is 12.3. The molecule has 0 saturated heterocycles. The van der Waals surface area contributed by atoms with Gasteiger partial charge < -0.3 is 16.0 Å². The molecule has 3 N–H and O–H groups in total. The first-order valence-electron chi connectivity index (χ1n) is 9.59. The lowest BCUT2D eigenvalue weighted by Crippen LogP contribution is -2.55. The summed E-state index contributed by atoms with van der Waals surface area (Å²) in [7, 11) is 0. The number of hydrogen-bond donors (Lipinski definition) is 3. The van der Waals surface area contributed by atoms with E-state index in [-0.39, 0.29) is 29.9 Å². The van der Waals surface area contributed by atoms with E-state index in [0.29, 0.717) is 11.6 Å². The fraction of sp³-hybridized carbons (Fsp3) is 0.600. The van der Waals surface area contributed by atoms with Gasteiger partial charge >= 0.3 is 6.03 Å². The van der Waals surface area contributed by atoms with E-state index in [1.54, 1.807) is 6.07 Å². The summed E-state index contributed by atoms with van der Waals surface area (Å²) < 4.78 is 0. The second-order valence-corrected chi connectivity index (χ2v) is 7.52. The van der Waals surface area contributed by atoms with E-state index < -0.39 is 0 Å². The molecular weight excluding hydrogens is 350 g/mol. The van der Waals surface area contributed by atoms with E-state index in [0.717, 1.165) is 44.1 Å². The first-order chi connectivity index (χ1) is 12.5. The zero-order chi connectivity index (χ0) is 18.9. The van der Waals surface area contributed by atoms with Crippen LogP contribution in [0.1, 0.15) is 57.9 Å². The predicted octanol–water partition coefficient (Wildman–Crippen LogP) is 4.00. The highest BCUT2D eigenvalue weighted by atomic mass is 35.5. The van der Waals surface area contributed by atoms with E-state index in [2.05, 4.69) is 22.9 Å². The second kappa shape index (κ2) is 10.4. The molecule has 26 heavy (non-hydrogen) atoms. The summed E-state index contributed by atoms with van der Waals surface area (Å²) in [6, 6.07) is 7.19. The fourth-order valence-electron chi connectivity index (χ4n) is 3.40. The van der Waals surface area contributed by atoms with Crippen LogP contribution in [0, 0.1) is 5.92 Å². The van der Waals surface area contributed by atoms with Crippen molar-refractivity contribution >= 4 is 23.5 Å². The normalized spacial score (nSPS) is 20.9. The Bertz CT molecular complexity index is 608. The van der Waals surface area contributed by atoms with E-state index in [1.807, 2.05) is 25.1 Å². The summed E-state index contributed by atoms with van der Waals surface area (Å²) in [4.78, 5) is 24.6. The predicted molar refractivity (Wildman–Crippen MR) is 105 cm³/mol. The lowest BCUT2D eigenvalue weighted by Gasteiger charge is -2.33. The zero-order valence-electron chi connectivity index (χ0n) is 15.7. The van der Waals surface area contributed by atoms with E-state index >= 15 is 0 Å². The standard InChI is InChI=1S/C20H30ClN3O2/c1-3-8-14(2)19(25)23-17-11-6-7-12-18(17)24-20(26)22-13-15-9-4-5-10-16(15)21/h4-5,9-10,14,17-18H,3,6-8,11-13H2,1-2H3,(H,23,25)(H2,22,24,26). The minimum Gasteiger partial charge on any atom is -0.351 e. The van der Waals surface area contributed by atoms with Crippen molar-refractivity contribution in [2.45, 2.75) is 71.0 Å². The third-order valence-electron chi connectivity index (χ3n) is 4.98. The summed E-state index contributed by atoms with van der Waals surface area (Å²) in [5.74, 6) is 0.0960. The maximum atomic E-state index is 12.3. The molecule has 0 heterocycles. The van der Waals surface area contributed by atoms with Crippen LogP contribution in [0.3, 0.4) is 0 Å². The average Bonchev–Trinajstić information content (AvgIpc) is 2.63. The van der Waals surface area contributed by atoms with Crippen molar-refractivity contribution < 1.29 is 9.59 Å². The quantitative estimate of drug-likeness (QED) is 0.670. The molecule has 3 atom stereocenters. The first-order valence-corrected chi connectivity index (χ1v) is 9.97. The van der Waals surface area contributed by atoms with Gasteiger partial charge in [0.1, 0.15) is 0 Å². The topological polar surface area (TPSA) is 70.2 Å². The lowest BCUT2D eigenvalue weighted by molar-refractivity contribution is -0.125. The number of amides is 3. The number of rotatable bonds is 7. The minimum absolute atomic E-state index is 0.00150. The molecule has 6 heteroatoms. The zero-order valence-corrected chi connectivity index (χ0v) is 16.4. The summed E-state index contributed by atoms with van der Waals surface area (Å²) in [5.41, 5.74) is 0.881. The van der Waals surface area contributed by atoms with Crippen molar-refractivity contribution in [2.24, 2.45) is 5.92 Å². The van der Waals surface area contributed by atoms with Crippen LogP contribution in [0.15, 0.2) is 24.3 Å². The van der Waals surface area contributed by atoms with Crippen molar-refractivity contribution in [3.05, 3.63) is 34.9 Å². The van der Waals surface area contributed by atoms with Crippen LogP contribution in [0.2, 0.25) is 5.02 Å². The molecule has 0 bridgehead atoms. The number of halogens is 1. The van der Waals surface area contributed by atoms with Crippen molar-refractivity contribution in [3.63, 3.8) is 0 Å². The fourth-order valence-corrected chi connectivity index (χ4v) is 3.60. The van der Waals surface area contributed by atoms with Crippen LogP contribution >= 0.6 is 11.6 Å². The van der Waals surface area contributed by atoms with E-state index in [4.69, 9.17) is 11.6 Å². The highest BCUT2D eigenvalue weighted by Gasteiger charge is 2.28. The Hall–Kier alpha value is -1.75. The van der Waals surface area contributed by atoms with Crippen molar-refractivity contribution in [1.29, 1.82) is 0 Å². The molecule has 1 aromatic carbocycles. The van der Waals surface area contributed by atoms with Crippen LogP contribution in [-0.2, 0) is 11.3 Å². The molecule has 1 saturated carbocycles. The third kappa shape index (κ3) is 6.20. The van der Waals surface area contributed by atoms with Gasteiger partial charge in [-0.2, -0.15) is 0 Å². The van der Waals surface area contributed by atoms with Gasteiger partial charge in [0, 0.05) is 23.5 Å². The van der Waals surface area contributed by atoms with Crippen molar-refractivity contribution in [3.8, 4) is 0 Å². The molecule has 1 aromatic rings. The van der Waals surface area contributed by atoms with Gasteiger partial charge in [-0.1, -0.05) is 62.9 Å². The molecule has 0 aromatic heterocycles. The van der Waals surface area contributed by atoms with Crippen LogP contribution in [0.4, 0.5) is 4.79 Å². The number of carbonyl (C=O) groups is 2.